The molecule has 2 rings (SSSR count). The van der Waals surface area contributed by atoms with E-state index >= 15 is 0 Å². The van der Waals surface area contributed by atoms with Crippen molar-refractivity contribution in [3.63, 3.8) is 0 Å². The summed E-state index contributed by atoms with van der Waals surface area (Å²) in [5.74, 6) is -0.149. The third-order valence-electron chi connectivity index (χ3n) is 2.96. The second-order valence-electron chi connectivity index (χ2n) is 5.41. The van der Waals surface area contributed by atoms with Crippen LogP contribution in [-0.2, 0) is 11.0 Å². The number of carbonyl (C=O) groups excluding carboxylic acids is 1. The van der Waals surface area contributed by atoms with Crippen molar-refractivity contribution in [3.05, 3.63) is 29.9 Å². The Kier molecular flexibility index (Phi) is 5.17. The molecule has 0 aliphatic heterocycles. The zero-order valence-corrected chi connectivity index (χ0v) is 13.3. The summed E-state index contributed by atoms with van der Waals surface area (Å²) in [6, 6.07) is 1.62. The standard InChI is InChI=1S/C14H16F3N5O2/c1-8(19-11(23)7-22(2)3)13-20-12(21-24-13)9-4-5-18-10(6-9)14(15,16)17/h4-6,8H,7H2,1-3H3,(H,19,23). The number of hydrogen-bond donors (Lipinski definition) is 1. The summed E-state index contributed by atoms with van der Waals surface area (Å²) in [5, 5.41) is 6.31. The van der Waals surface area contributed by atoms with E-state index in [1.165, 1.54) is 6.07 Å². The maximum atomic E-state index is 12.7. The first kappa shape index (κ1) is 17.9. The topological polar surface area (TPSA) is 84.2 Å². The highest BCUT2D eigenvalue weighted by atomic mass is 19.4. The highest BCUT2D eigenvalue weighted by Gasteiger charge is 2.33. The Morgan fingerprint density at radius 3 is 2.75 bits per heavy atom. The molecule has 130 valence electrons. The highest BCUT2D eigenvalue weighted by molar-refractivity contribution is 5.78. The SMILES string of the molecule is CC(NC(=O)CN(C)C)c1nc(-c2ccnc(C(F)(F)F)c2)no1. The average Bonchev–Trinajstić information content (AvgIpc) is 2.95. The van der Waals surface area contributed by atoms with Crippen molar-refractivity contribution >= 4 is 5.91 Å². The minimum absolute atomic E-state index is 0.00777. The lowest BCUT2D eigenvalue weighted by Crippen LogP contribution is -2.34. The van der Waals surface area contributed by atoms with Gasteiger partial charge in [0.15, 0.2) is 0 Å². The quantitative estimate of drug-likeness (QED) is 0.892. The highest BCUT2D eigenvalue weighted by Crippen LogP contribution is 2.29. The van der Waals surface area contributed by atoms with Crippen molar-refractivity contribution in [2.45, 2.75) is 19.1 Å². The number of rotatable bonds is 5. The van der Waals surface area contributed by atoms with Gasteiger partial charge in [0.1, 0.15) is 11.7 Å². The molecule has 1 N–H and O–H groups in total. The third kappa shape index (κ3) is 4.51. The Hall–Kier alpha value is -2.49. The minimum atomic E-state index is -4.56. The molecule has 0 bridgehead atoms. The molecule has 1 atom stereocenters. The lowest BCUT2D eigenvalue weighted by molar-refractivity contribution is -0.141. The van der Waals surface area contributed by atoms with Gasteiger partial charge in [0.05, 0.1) is 6.54 Å². The van der Waals surface area contributed by atoms with E-state index in [0.29, 0.717) is 0 Å². The Morgan fingerprint density at radius 1 is 1.42 bits per heavy atom. The van der Waals surface area contributed by atoms with Gasteiger partial charge in [-0.1, -0.05) is 5.16 Å². The zero-order chi connectivity index (χ0) is 17.9. The van der Waals surface area contributed by atoms with Crippen molar-refractivity contribution in [1.82, 2.24) is 25.3 Å². The van der Waals surface area contributed by atoms with E-state index in [-0.39, 0.29) is 29.7 Å². The molecule has 0 aliphatic rings. The van der Waals surface area contributed by atoms with E-state index in [0.717, 1.165) is 12.3 Å². The van der Waals surface area contributed by atoms with Gasteiger partial charge in [-0.25, -0.2) is 0 Å². The largest absolute Gasteiger partial charge is 0.433 e. The summed E-state index contributed by atoms with van der Waals surface area (Å²) in [4.78, 5) is 20.7. The van der Waals surface area contributed by atoms with Gasteiger partial charge < -0.3 is 14.7 Å². The van der Waals surface area contributed by atoms with E-state index < -0.39 is 17.9 Å². The second kappa shape index (κ2) is 6.95. The lowest BCUT2D eigenvalue weighted by atomic mass is 10.2. The van der Waals surface area contributed by atoms with Crippen molar-refractivity contribution in [1.29, 1.82) is 0 Å². The molecule has 0 saturated carbocycles. The number of aromatic nitrogens is 3. The molecule has 0 aliphatic carbocycles. The molecule has 10 heteroatoms. The van der Waals surface area contributed by atoms with Gasteiger partial charge in [0.2, 0.25) is 17.6 Å². The van der Waals surface area contributed by atoms with Crippen molar-refractivity contribution in [2.24, 2.45) is 0 Å². The molecule has 0 spiro atoms. The van der Waals surface area contributed by atoms with Crippen LogP contribution in [0.5, 0.6) is 0 Å². The maximum absolute atomic E-state index is 12.7. The van der Waals surface area contributed by atoms with Crippen LogP contribution in [0.2, 0.25) is 0 Å². The van der Waals surface area contributed by atoms with Crippen molar-refractivity contribution in [3.8, 4) is 11.4 Å². The van der Waals surface area contributed by atoms with E-state index in [1.54, 1.807) is 25.9 Å². The third-order valence-corrected chi connectivity index (χ3v) is 2.96. The Bertz CT molecular complexity index is 714. The van der Waals surface area contributed by atoms with Crippen LogP contribution in [0.1, 0.15) is 24.6 Å². The monoisotopic (exact) mass is 343 g/mol. The molecule has 0 saturated heterocycles. The molecular weight excluding hydrogens is 327 g/mol. The van der Waals surface area contributed by atoms with Crippen LogP contribution >= 0.6 is 0 Å². The summed E-state index contributed by atoms with van der Waals surface area (Å²) < 4.78 is 43.1. The van der Waals surface area contributed by atoms with Crippen LogP contribution in [0.4, 0.5) is 13.2 Å². The average molecular weight is 343 g/mol. The molecule has 1 unspecified atom stereocenters. The molecule has 0 radical (unpaired) electrons. The number of carbonyl (C=O) groups is 1. The number of alkyl halides is 3. The molecular formula is C14H16F3N5O2. The summed E-state index contributed by atoms with van der Waals surface area (Å²) in [6.07, 6.45) is -3.54. The number of hydrogen-bond acceptors (Lipinski definition) is 6. The van der Waals surface area contributed by atoms with Crippen LogP contribution in [0.3, 0.4) is 0 Å². The Balaban J connectivity index is 2.14. The molecule has 7 nitrogen and oxygen atoms in total. The van der Waals surface area contributed by atoms with Gasteiger partial charge in [-0.15, -0.1) is 0 Å². The normalized spacial score (nSPS) is 13.1. The first-order valence-electron chi connectivity index (χ1n) is 6.98. The number of amides is 1. The number of likely N-dealkylation sites (N-methyl/N-ethyl adjacent to an activating group) is 1. The summed E-state index contributed by atoms with van der Waals surface area (Å²) in [5.41, 5.74) is -0.919. The predicted molar refractivity (Wildman–Crippen MR) is 77.6 cm³/mol. The van der Waals surface area contributed by atoms with E-state index in [4.69, 9.17) is 4.52 Å². The summed E-state index contributed by atoms with van der Waals surface area (Å²) in [6.45, 7) is 1.82. The summed E-state index contributed by atoms with van der Waals surface area (Å²) >= 11 is 0. The van der Waals surface area contributed by atoms with E-state index in [2.05, 4.69) is 20.4 Å². The van der Waals surface area contributed by atoms with Crippen LogP contribution in [0.25, 0.3) is 11.4 Å². The molecule has 24 heavy (non-hydrogen) atoms. The Morgan fingerprint density at radius 2 is 2.12 bits per heavy atom. The fourth-order valence-corrected chi connectivity index (χ4v) is 1.89. The van der Waals surface area contributed by atoms with Crippen LogP contribution in [0, 0.1) is 0 Å². The van der Waals surface area contributed by atoms with E-state index in [1.807, 2.05) is 0 Å². The predicted octanol–water partition coefficient (Wildman–Crippen LogP) is 1.89. The number of halogens is 3. The maximum Gasteiger partial charge on any atom is 0.433 e. The van der Waals surface area contributed by atoms with Gasteiger partial charge in [0.25, 0.3) is 0 Å². The number of pyridine rings is 1. The summed E-state index contributed by atoms with van der Waals surface area (Å²) in [7, 11) is 3.49. The van der Waals surface area contributed by atoms with Crippen molar-refractivity contribution < 1.29 is 22.5 Å². The van der Waals surface area contributed by atoms with Crippen LogP contribution < -0.4 is 5.32 Å². The van der Waals surface area contributed by atoms with Crippen molar-refractivity contribution in [2.75, 3.05) is 20.6 Å². The molecule has 2 heterocycles. The first-order valence-corrected chi connectivity index (χ1v) is 6.98. The molecule has 2 aromatic rings. The molecule has 0 fully saturated rings. The smallest absolute Gasteiger partial charge is 0.343 e. The fraction of sp³-hybridized carbons (Fsp3) is 0.429. The van der Waals surface area contributed by atoms with Gasteiger partial charge in [0, 0.05) is 11.8 Å². The lowest BCUT2D eigenvalue weighted by Gasteiger charge is -2.12. The second-order valence-corrected chi connectivity index (χ2v) is 5.41. The zero-order valence-electron chi connectivity index (χ0n) is 13.3. The van der Waals surface area contributed by atoms with Gasteiger partial charge in [-0.3, -0.25) is 9.78 Å². The molecule has 1 amide bonds. The fourth-order valence-electron chi connectivity index (χ4n) is 1.89. The Labute approximate surface area is 135 Å². The van der Waals surface area contributed by atoms with E-state index in [9.17, 15) is 18.0 Å². The van der Waals surface area contributed by atoms with Crippen LogP contribution in [-0.4, -0.2) is 46.6 Å². The van der Waals surface area contributed by atoms with Gasteiger partial charge in [-0.2, -0.15) is 18.2 Å². The first-order chi connectivity index (χ1) is 11.2. The van der Waals surface area contributed by atoms with Gasteiger partial charge in [-0.05, 0) is 33.2 Å². The minimum Gasteiger partial charge on any atom is -0.343 e. The van der Waals surface area contributed by atoms with Gasteiger partial charge >= 0.3 is 6.18 Å². The number of nitrogens with one attached hydrogen (secondary N) is 1. The van der Waals surface area contributed by atoms with Crippen LogP contribution in [0.15, 0.2) is 22.9 Å². The molecule has 2 aromatic heterocycles. The number of nitrogens with zero attached hydrogens (tertiary/aromatic N) is 4. The molecule has 0 aromatic carbocycles.